The first-order valence-corrected chi connectivity index (χ1v) is 4.76. The molecule has 1 nitrogen and oxygen atoms in total. The summed E-state index contributed by atoms with van der Waals surface area (Å²) in [5, 5.41) is 0.350. The van der Waals surface area contributed by atoms with Crippen molar-refractivity contribution in [2.45, 2.75) is 12.2 Å². The van der Waals surface area contributed by atoms with Crippen LogP contribution in [0.3, 0.4) is 0 Å². The van der Waals surface area contributed by atoms with Gasteiger partial charge in [0.05, 0.1) is 5.02 Å². The van der Waals surface area contributed by atoms with Gasteiger partial charge in [0.1, 0.15) is 6.04 Å². The maximum absolute atomic E-state index is 12.2. The summed E-state index contributed by atoms with van der Waals surface area (Å²) in [6.07, 6.45) is -4.44. The molecule has 0 saturated heterocycles. The van der Waals surface area contributed by atoms with E-state index in [-0.39, 0.29) is 5.56 Å². The fourth-order valence-electron chi connectivity index (χ4n) is 0.895. The first-order chi connectivity index (χ1) is 6.32. The Morgan fingerprint density at radius 1 is 1.36 bits per heavy atom. The van der Waals surface area contributed by atoms with E-state index in [1.54, 1.807) is 0 Å². The molecule has 0 fully saturated rings. The molecule has 78 valence electrons. The Hall–Kier alpha value is -0.260. The molecule has 1 aromatic rings. The maximum Gasteiger partial charge on any atom is 0.407 e. The van der Waals surface area contributed by atoms with Gasteiger partial charge in [-0.05, 0) is 33.6 Å². The predicted molar refractivity (Wildman–Crippen MR) is 52.1 cm³/mol. The van der Waals surface area contributed by atoms with Crippen LogP contribution >= 0.6 is 27.5 Å². The molecule has 0 saturated carbocycles. The van der Waals surface area contributed by atoms with Crippen molar-refractivity contribution in [2.24, 2.45) is 5.73 Å². The molecule has 0 aliphatic rings. The van der Waals surface area contributed by atoms with E-state index in [4.69, 9.17) is 17.3 Å². The summed E-state index contributed by atoms with van der Waals surface area (Å²) >= 11 is 8.66. The third-order valence-electron chi connectivity index (χ3n) is 1.66. The van der Waals surface area contributed by atoms with Crippen molar-refractivity contribution in [1.82, 2.24) is 0 Å². The van der Waals surface area contributed by atoms with Gasteiger partial charge in [-0.1, -0.05) is 17.7 Å². The van der Waals surface area contributed by atoms with Crippen LogP contribution < -0.4 is 5.73 Å². The number of benzene rings is 1. The van der Waals surface area contributed by atoms with Crippen LogP contribution in [0.5, 0.6) is 0 Å². The van der Waals surface area contributed by atoms with Crippen molar-refractivity contribution in [3.8, 4) is 0 Å². The predicted octanol–water partition coefficient (Wildman–Crippen LogP) is 3.66. The molecular weight excluding hydrogens is 282 g/mol. The minimum absolute atomic E-state index is 0.0197. The van der Waals surface area contributed by atoms with Gasteiger partial charge in [-0.25, -0.2) is 0 Å². The highest BCUT2D eigenvalue weighted by Gasteiger charge is 2.37. The second-order valence-electron chi connectivity index (χ2n) is 2.69. The number of nitrogens with two attached hydrogens (primary N) is 1. The van der Waals surface area contributed by atoms with E-state index in [1.165, 1.54) is 18.2 Å². The molecule has 0 heterocycles. The van der Waals surface area contributed by atoms with Crippen LogP contribution in [0.4, 0.5) is 13.2 Å². The van der Waals surface area contributed by atoms with Crippen LogP contribution in [-0.2, 0) is 0 Å². The van der Waals surface area contributed by atoms with Crippen LogP contribution in [0, 0.1) is 0 Å². The van der Waals surface area contributed by atoms with Crippen molar-refractivity contribution in [3.63, 3.8) is 0 Å². The summed E-state index contributed by atoms with van der Waals surface area (Å²) in [6, 6.07) is 1.91. The van der Waals surface area contributed by atoms with Crippen molar-refractivity contribution in [3.05, 3.63) is 33.3 Å². The molecular formula is C8H6BrClF3N. The molecule has 2 N–H and O–H groups in total. The van der Waals surface area contributed by atoms with Crippen molar-refractivity contribution < 1.29 is 13.2 Å². The first-order valence-electron chi connectivity index (χ1n) is 3.59. The minimum atomic E-state index is -4.44. The molecule has 0 aromatic heterocycles. The van der Waals surface area contributed by atoms with Crippen LogP contribution in [0.2, 0.25) is 5.02 Å². The summed E-state index contributed by atoms with van der Waals surface area (Å²) in [5.41, 5.74) is 4.98. The van der Waals surface area contributed by atoms with Gasteiger partial charge in [0.25, 0.3) is 0 Å². The zero-order valence-corrected chi connectivity index (χ0v) is 9.12. The molecule has 0 radical (unpaired) electrons. The lowest BCUT2D eigenvalue weighted by Gasteiger charge is -2.16. The van der Waals surface area contributed by atoms with E-state index in [0.717, 1.165) is 0 Å². The van der Waals surface area contributed by atoms with Crippen LogP contribution in [0.1, 0.15) is 11.6 Å². The zero-order chi connectivity index (χ0) is 10.9. The fourth-order valence-corrected chi connectivity index (χ4v) is 1.41. The first kappa shape index (κ1) is 11.8. The second kappa shape index (κ2) is 4.08. The van der Waals surface area contributed by atoms with Crippen LogP contribution in [-0.4, -0.2) is 6.18 Å². The minimum Gasteiger partial charge on any atom is -0.316 e. The van der Waals surface area contributed by atoms with Crippen molar-refractivity contribution >= 4 is 27.5 Å². The van der Waals surface area contributed by atoms with Crippen molar-refractivity contribution in [1.29, 1.82) is 0 Å². The van der Waals surface area contributed by atoms with Gasteiger partial charge in [0.15, 0.2) is 0 Å². The molecule has 6 heteroatoms. The second-order valence-corrected chi connectivity index (χ2v) is 3.95. The Morgan fingerprint density at radius 2 is 1.93 bits per heavy atom. The molecule has 0 unspecified atom stereocenters. The average molecular weight is 288 g/mol. The topological polar surface area (TPSA) is 26.0 Å². The third kappa shape index (κ3) is 2.62. The summed E-state index contributed by atoms with van der Waals surface area (Å²) < 4.78 is 37.0. The monoisotopic (exact) mass is 287 g/mol. The van der Waals surface area contributed by atoms with E-state index in [0.29, 0.717) is 9.50 Å². The SMILES string of the molecule is N[C@H](c1ccc(Cl)c(Br)c1)C(F)(F)F. The molecule has 0 bridgehead atoms. The summed E-state index contributed by atoms with van der Waals surface area (Å²) in [6.45, 7) is 0. The molecule has 1 atom stereocenters. The number of halogens is 5. The van der Waals surface area contributed by atoms with E-state index in [9.17, 15) is 13.2 Å². The Balaban J connectivity index is 3.03. The highest BCUT2D eigenvalue weighted by Crippen LogP contribution is 2.33. The molecule has 0 aliphatic carbocycles. The van der Waals surface area contributed by atoms with Crippen molar-refractivity contribution in [2.75, 3.05) is 0 Å². The normalized spacial score (nSPS) is 14.1. The summed E-state index contributed by atoms with van der Waals surface area (Å²) in [7, 11) is 0. The smallest absolute Gasteiger partial charge is 0.316 e. The van der Waals surface area contributed by atoms with Crippen LogP contribution in [0.15, 0.2) is 22.7 Å². The quantitative estimate of drug-likeness (QED) is 0.838. The van der Waals surface area contributed by atoms with Gasteiger partial charge in [-0.2, -0.15) is 13.2 Å². The lowest BCUT2D eigenvalue weighted by Crippen LogP contribution is -2.28. The van der Waals surface area contributed by atoms with E-state index in [2.05, 4.69) is 15.9 Å². The van der Waals surface area contributed by atoms with E-state index >= 15 is 0 Å². The highest BCUT2D eigenvalue weighted by atomic mass is 79.9. The molecule has 0 aliphatic heterocycles. The van der Waals surface area contributed by atoms with Gasteiger partial charge in [-0.15, -0.1) is 0 Å². The molecule has 1 aromatic carbocycles. The van der Waals surface area contributed by atoms with Crippen LogP contribution in [0.25, 0.3) is 0 Å². The Morgan fingerprint density at radius 3 is 2.36 bits per heavy atom. The lowest BCUT2D eigenvalue weighted by atomic mass is 10.1. The molecule has 14 heavy (non-hydrogen) atoms. The highest BCUT2D eigenvalue weighted by molar-refractivity contribution is 9.10. The Labute approximate surface area is 92.2 Å². The summed E-state index contributed by atoms with van der Waals surface area (Å²) in [4.78, 5) is 0. The standard InChI is InChI=1S/C8H6BrClF3N/c9-5-3-4(1-2-6(5)10)7(14)8(11,12)13/h1-3,7H,14H2/t7-/m1/s1. The zero-order valence-electron chi connectivity index (χ0n) is 6.78. The number of rotatable bonds is 1. The number of hydrogen-bond acceptors (Lipinski definition) is 1. The van der Waals surface area contributed by atoms with Gasteiger partial charge >= 0.3 is 6.18 Å². The van der Waals surface area contributed by atoms with E-state index in [1.807, 2.05) is 0 Å². The van der Waals surface area contributed by atoms with Gasteiger partial charge in [0.2, 0.25) is 0 Å². The molecule has 1 rings (SSSR count). The Bertz CT molecular complexity index is 340. The third-order valence-corrected chi connectivity index (χ3v) is 2.87. The lowest BCUT2D eigenvalue weighted by molar-refractivity contribution is -0.149. The molecule has 0 amide bonds. The average Bonchev–Trinajstić information content (AvgIpc) is 2.07. The molecule has 0 spiro atoms. The summed E-state index contributed by atoms with van der Waals surface area (Å²) in [5.74, 6) is 0. The maximum atomic E-state index is 12.2. The van der Waals surface area contributed by atoms with Gasteiger partial charge in [0, 0.05) is 4.47 Å². The largest absolute Gasteiger partial charge is 0.407 e. The number of alkyl halides is 3. The number of hydrogen-bond donors (Lipinski definition) is 1. The fraction of sp³-hybridized carbons (Fsp3) is 0.250. The Kier molecular flexibility index (Phi) is 3.44. The van der Waals surface area contributed by atoms with Gasteiger partial charge in [-0.3, -0.25) is 0 Å². The van der Waals surface area contributed by atoms with E-state index < -0.39 is 12.2 Å². The van der Waals surface area contributed by atoms with Gasteiger partial charge < -0.3 is 5.73 Å².